The quantitative estimate of drug-likeness (QED) is 0.635. The summed E-state index contributed by atoms with van der Waals surface area (Å²) in [6.07, 6.45) is 1.35. The van der Waals surface area contributed by atoms with Crippen LogP contribution >= 0.6 is 0 Å². The van der Waals surface area contributed by atoms with Gasteiger partial charge in [-0.05, 0) is 36.4 Å². The monoisotopic (exact) mass is 414 g/mol. The second-order valence-corrected chi connectivity index (χ2v) is 7.02. The summed E-state index contributed by atoms with van der Waals surface area (Å²) in [4.78, 5) is 22.5. The molecule has 1 aliphatic heterocycles. The molecule has 0 radical (unpaired) electrons. The van der Waals surface area contributed by atoms with Gasteiger partial charge in [0.1, 0.15) is 18.6 Å². The van der Waals surface area contributed by atoms with Crippen LogP contribution < -0.4 is 15.5 Å². The van der Waals surface area contributed by atoms with Crippen LogP contribution in [0.4, 0.5) is 22.9 Å². The van der Waals surface area contributed by atoms with Gasteiger partial charge in [-0.25, -0.2) is 9.97 Å². The lowest BCUT2D eigenvalue weighted by Crippen LogP contribution is -2.36. The molecule has 1 amide bonds. The van der Waals surface area contributed by atoms with E-state index in [1.165, 1.54) is 12.0 Å². The van der Waals surface area contributed by atoms with Gasteiger partial charge in [-0.1, -0.05) is 12.1 Å². The van der Waals surface area contributed by atoms with Crippen LogP contribution in [0.1, 0.15) is 6.42 Å². The Balaban J connectivity index is 1.42. The molecule has 2 N–H and O–H groups in total. The molecule has 1 aliphatic rings. The molecule has 0 saturated carbocycles. The Morgan fingerprint density at radius 3 is 2.45 bits per heavy atom. The zero-order valence-corrected chi connectivity index (χ0v) is 16.9. The topological polar surface area (TPSA) is 103 Å². The Morgan fingerprint density at radius 2 is 1.74 bits per heavy atom. The minimum atomic E-state index is -0.330. The lowest BCUT2D eigenvalue weighted by atomic mass is 10.1. The molecule has 0 spiro atoms. The van der Waals surface area contributed by atoms with E-state index in [1.54, 1.807) is 12.1 Å². The Kier molecular flexibility index (Phi) is 6.35. The number of rotatable bonds is 6. The molecular weight excluding hydrogens is 392 g/mol. The van der Waals surface area contributed by atoms with Crippen LogP contribution in [-0.4, -0.2) is 42.2 Å². The van der Waals surface area contributed by atoms with Crippen molar-refractivity contribution in [1.82, 2.24) is 9.97 Å². The Morgan fingerprint density at radius 1 is 1.03 bits per heavy atom. The van der Waals surface area contributed by atoms with Crippen LogP contribution in [0.3, 0.4) is 0 Å². The molecule has 31 heavy (non-hydrogen) atoms. The van der Waals surface area contributed by atoms with Gasteiger partial charge in [0.25, 0.3) is 0 Å². The zero-order valence-electron chi connectivity index (χ0n) is 16.9. The SMILES string of the molecule is N#CCC(=O)Nc1ccc(-c2cc(Nc3ccc(N4CCOCC4)cc3)ncn2)cc1. The van der Waals surface area contributed by atoms with Gasteiger partial charge in [-0.15, -0.1) is 0 Å². The standard InChI is InChI=1S/C23H22N6O2/c24-10-9-23(30)28-19-3-1-17(2-4-19)21-15-22(26-16-25-21)27-18-5-7-20(8-6-18)29-11-13-31-14-12-29/h1-8,15-16H,9,11-14H2,(H,28,30)(H,25,26,27). The predicted octanol–water partition coefficient (Wildman–Crippen LogP) is 3.58. The van der Waals surface area contributed by atoms with Gasteiger partial charge in [-0.3, -0.25) is 4.79 Å². The van der Waals surface area contributed by atoms with Gasteiger partial charge < -0.3 is 20.3 Å². The summed E-state index contributed by atoms with van der Waals surface area (Å²) in [7, 11) is 0. The highest BCUT2D eigenvalue weighted by molar-refractivity contribution is 5.92. The van der Waals surface area contributed by atoms with Gasteiger partial charge in [-0.2, -0.15) is 5.26 Å². The number of nitriles is 1. The van der Waals surface area contributed by atoms with Crippen LogP contribution in [0.2, 0.25) is 0 Å². The first-order valence-corrected chi connectivity index (χ1v) is 10.0. The number of hydrogen-bond acceptors (Lipinski definition) is 7. The highest BCUT2D eigenvalue weighted by Gasteiger charge is 2.11. The first-order chi connectivity index (χ1) is 15.2. The summed E-state index contributed by atoms with van der Waals surface area (Å²) in [5, 5.41) is 14.6. The molecule has 1 fully saturated rings. The van der Waals surface area contributed by atoms with Crippen molar-refractivity contribution in [3.8, 4) is 17.3 Å². The molecule has 2 aromatic carbocycles. The Hall–Kier alpha value is -3.96. The van der Waals surface area contributed by atoms with Crippen molar-refractivity contribution < 1.29 is 9.53 Å². The summed E-state index contributed by atoms with van der Waals surface area (Å²) in [6, 6.07) is 19.2. The Labute approximate surface area is 180 Å². The molecule has 8 heteroatoms. The maximum atomic E-state index is 11.5. The molecule has 1 saturated heterocycles. The van der Waals surface area contributed by atoms with Gasteiger partial charge in [0.05, 0.1) is 25.0 Å². The van der Waals surface area contributed by atoms with E-state index in [1.807, 2.05) is 36.4 Å². The number of benzene rings is 2. The van der Waals surface area contributed by atoms with Crippen LogP contribution in [0.5, 0.6) is 0 Å². The number of nitrogens with one attached hydrogen (secondary N) is 2. The van der Waals surface area contributed by atoms with Crippen molar-refractivity contribution in [2.24, 2.45) is 0 Å². The molecule has 0 bridgehead atoms. The molecule has 1 aromatic heterocycles. The average Bonchev–Trinajstić information content (AvgIpc) is 2.81. The summed E-state index contributed by atoms with van der Waals surface area (Å²) in [5.41, 5.74) is 4.41. The summed E-state index contributed by atoms with van der Waals surface area (Å²) in [6.45, 7) is 3.33. The Bertz CT molecular complexity index is 1070. The number of aromatic nitrogens is 2. The third kappa shape index (κ3) is 5.35. The number of hydrogen-bond donors (Lipinski definition) is 2. The average molecular weight is 414 g/mol. The van der Waals surface area contributed by atoms with Crippen molar-refractivity contribution in [3.05, 3.63) is 60.9 Å². The normalized spacial score (nSPS) is 13.3. The second kappa shape index (κ2) is 9.69. The summed E-state index contributed by atoms with van der Waals surface area (Å²) >= 11 is 0. The molecule has 0 aliphatic carbocycles. The van der Waals surface area contributed by atoms with Crippen LogP contribution in [0.25, 0.3) is 11.3 Å². The molecule has 2 heterocycles. The molecular formula is C23H22N6O2. The number of amides is 1. The molecule has 0 atom stereocenters. The predicted molar refractivity (Wildman–Crippen MR) is 119 cm³/mol. The van der Waals surface area contributed by atoms with Crippen LogP contribution in [0.15, 0.2) is 60.9 Å². The van der Waals surface area contributed by atoms with E-state index < -0.39 is 0 Å². The smallest absolute Gasteiger partial charge is 0.238 e. The largest absolute Gasteiger partial charge is 0.378 e. The summed E-state index contributed by atoms with van der Waals surface area (Å²) in [5.74, 6) is 0.360. The lowest BCUT2D eigenvalue weighted by molar-refractivity contribution is -0.115. The van der Waals surface area contributed by atoms with Gasteiger partial charge in [0.2, 0.25) is 5.91 Å². The van der Waals surface area contributed by atoms with Crippen LogP contribution in [0, 0.1) is 11.3 Å². The molecule has 8 nitrogen and oxygen atoms in total. The van der Waals surface area contributed by atoms with Crippen molar-refractivity contribution in [3.63, 3.8) is 0 Å². The number of nitrogens with zero attached hydrogens (tertiary/aromatic N) is 4. The van der Waals surface area contributed by atoms with Gasteiger partial charge >= 0.3 is 0 Å². The minimum absolute atomic E-state index is 0.171. The van der Waals surface area contributed by atoms with Gasteiger partial charge in [0.15, 0.2) is 0 Å². The number of carbonyl (C=O) groups is 1. The van der Waals surface area contributed by atoms with E-state index in [4.69, 9.17) is 10.00 Å². The van der Waals surface area contributed by atoms with E-state index in [9.17, 15) is 4.79 Å². The number of carbonyl (C=O) groups excluding carboxylic acids is 1. The first-order valence-electron chi connectivity index (χ1n) is 10.0. The van der Waals surface area contributed by atoms with Gasteiger partial charge in [0, 0.05) is 41.8 Å². The minimum Gasteiger partial charge on any atom is -0.378 e. The fourth-order valence-electron chi connectivity index (χ4n) is 3.31. The van der Waals surface area contributed by atoms with Crippen molar-refractivity contribution in [2.45, 2.75) is 6.42 Å². The molecule has 0 unspecified atom stereocenters. The van der Waals surface area contributed by atoms with Crippen molar-refractivity contribution >= 4 is 28.8 Å². The molecule has 4 rings (SSSR count). The van der Waals surface area contributed by atoms with Crippen molar-refractivity contribution in [1.29, 1.82) is 5.26 Å². The maximum absolute atomic E-state index is 11.5. The van der Waals surface area contributed by atoms with E-state index in [2.05, 4.69) is 37.6 Å². The maximum Gasteiger partial charge on any atom is 0.238 e. The summed E-state index contributed by atoms with van der Waals surface area (Å²) < 4.78 is 5.41. The number of ether oxygens (including phenoxy) is 1. The van der Waals surface area contributed by atoms with Crippen molar-refractivity contribution in [2.75, 3.05) is 41.8 Å². The fourth-order valence-corrected chi connectivity index (χ4v) is 3.31. The van der Waals surface area contributed by atoms with E-state index in [0.717, 1.165) is 43.2 Å². The van der Waals surface area contributed by atoms with E-state index >= 15 is 0 Å². The molecule has 156 valence electrons. The number of morpholine rings is 1. The zero-order chi connectivity index (χ0) is 21.5. The lowest BCUT2D eigenvalue weighted by Gasteiger charge is -2.28. The van der Waals surface area contributed by atoms with E-state index in [-0.39, 0.29) is 12.3 Å². The molecule has 3 aromatic rings. The fraction of sp³-hybridized carbons (Fsp3) is 0.217. The second-order valence-electron chi connectivity index (χ2n) is 7.02. The first kappa shape index (κ1) is 20.3. The highest BCUT2D eigenvalue weighted by atomic mass is 16.5. The van der Waals surface area contributed by atoms with E-state index in [0.29, 0.717) is 11.5 Å². The van der Waals surface area contributed by atoms with Crippen LogP contribution in [-0.2, 0) is 9.53 Å². The number of anilines is 4. The third-order valence-corrected chi connectivity index (χ3v) is 4.89. The highest BCUT2D eigenvalue weighted by Crippen LogP contribution is 2.24. The third-order valence-electron chi connectivity index (χ3n) is 4.89.